The summed E-state index contributed by atoms with van der Waals surface area (Å²) in [6.45, 7) is 10.5. The maximum Gasteiger partial charge on any atom is 0.122 e. The quantitative estimate of drug-likeness (QED) is 0.716. The third-order valence-electron chi connectivity index (χ3n) is 6.83. The van der Waals surface area contributed by atoms with E-state index in [0.29, 0.717) is 5.41 Å². The molecule has 1 aromatic rings. The lowest BCUT2D eigenvalue weighted by molar-refractivity contribution is -0.114. The standard InChI is InChI=1S/C21H34N2O/c1-15-18-13-17(21(18,2)3)14-19(15)23-12-11-22-10-9-16-7-5-6-8-20(16)24-4/h5-8,15,17-19,22-23H,9-14H2,1-4H3/t15-,17-,18?,19-/m1/s1. The van der Waals surface area contributed by atoms with E-state index in [1.54, 1.807) is 7.11 Å². The van der Waals surface area contributed by atoms with Crippen LogP contribution in [0.25, 0.3) is 0 Å². The van der Waals surface area contributed by atoms with E-state index in [4.69, 9.17) is 4.74 Å². The summed E-state index contributed by atoms with van der Waals surface area (Å²) in [4.78, 5) is 0. The molecule has 0 aliphatic heterocycles. The number of methoxy groups -OCH3 is 1. The first-order valence-electron chi connectivity index (χ1n) is 9.60. The van der Waals surface area contributed by atoms with E-state index in [0.717, 1.165) is 55.6 Å². The molecule has 2 bridgehead atoms. The lowest BCUT2D eigenvalue weighted by Gasteiger charge is -2.62. The van der Waals surface area contributed by atoms with Crippen molar-refractivity contribution in [1.82, 2.24) is 10.6 Å². The number of ether oxygens (including phenoxy) is 1. The second-order valence-electron chi connectivity index (χ2n) is 8.33. The van der Waals surface area contributed by atoms with Crippen molar-refractivity contribution in [3.05, 3.63) is 29.8 Å². The van der Waals surface area contributed by atoms with Gasteiger partial charge in [0.05, 0.1) is 7.11 Å². The minimum absolute atomic E-state index is 0.588. The SMILES string of the molecule is COc1ccccc1CCNCCN[C@@H]1C[C@H]2CC([C@H]1C)C2(C)C. The second-order valence-corrected chi connectivity index (χ2v) is 8.33. The number of nitrogens with one attached hydrogen (secondary N) is 2. The average Bonchev–Trinajstić information content (AvgIpc) is 2.58. The molecule has 0 spiro atoms. The van der Waals surface area contributed by atoms with E-state index >= 15 is 0 Å². The Labute approximate surface area is 147 Å². The summed E-state index contributed by atoms with van der Waals surface area (Å²) in [7, 11) is 1.74. The molecule has 24 heavy (non-hydrogen) atoms. The van der Waals surface area contributed by atoms with E-state index in [2.05, 4.69) is 43.5 Å². The fourth-order valence-corrected chi connectivity index (χ4v) is 5.02. The molecule has 4 rings (SSSR count). The highest BCUT2D eigenvalue weighted by atomic mass is 16.5. The Bertz CT molecular complexity index is 542. The number of para-hydroxylation sites is 1. The van der Waals surface area contributed by atoms with Crippen molar-refractivity contribution in [3.63, 3.8) is 0 Å². The van der Waals surface area contributed by atoms with Gasteiger partial charge in [0, 0.05) is 19.1 Å². The molecule has 4 atom stereocenters. The summed E-state index contributed by atoms with van der Waals surface area (Å²) in [5, 5.41) is 7.36. The summed E-state index contributed by atoms with van der Waals surface area (Å²) in [5.41, 5.74) is 1.87. The van der Waals surface area contributed by atoms with Gasteiger partial charge in [-0.05, 0) is 60.6 Å². The molecule has 0 heterocycles. The molecule has 2 N–H and O–H groups in total. The Hall–Kier alpha value is -1.06. The molecular weight excluding hydrogens is 296 g/mol. The summed E-state index contributed by atoms with van der Waals surface area (Å²) >= 11 is 0. The second kappa shape index (κ2) is 7.45. The van der Waals surface area contributed by atoms with Gasteiger partial charge in [-0.15, -0.1) is 0 Å². The van der Waals surface area contributed by atoms with Gasteiger partial charge < -0.3 is 15.4 Å². The van der Waals surface area contributed by atoms with Gasteiger partial charge in [-0.2, -0.15) is 0 Å². The largest absolute Gasteiger partial charge is 0.496 e. The van der Waals surface area contributed by atoms with Crippen LogP contribution in [0.15, 0.2) is 24.3 Å². The van der Waals surface area contributed by atoms with Crippen LogP contribution in [0.2, 0.25) is 0 Å². The van der Waals surface area contributed by atoms with E-state index in [1.807, 2.05) is 12.1 Å². The Morgan fingerprint density at radius 1 is 1.12 bits per heavy atom. The third kappa shape index (κ3) is 3.48. The van der Waals surface area contributed by atoms with Crippen molar-refractivity contribution >= 4 is 0 Å². The minimum Gasteiger partial charge on any atom is -0.496 e. The van der Waals surface area contributed by atoms with Crippen LogP contribution in [0.3, 0.4) is 0 Å². The Morgan fingerprint density at radius 2 is 1.92 bits per heavy atom. The first-order valence-corrected chi connectivity index (χ1v) is 9.60. The van der Waals surface area contributed by atoms with Crippen molar-refractivity contribution in [2.45, 2.75) is 46.1 Å². The van der Waals surface area contributed by atoms with Crippen LogP contribution >= 0.6 is 0 Å². The van der Waals surface area contributed by atoms with Crippen LogP contribution in [0.5, 0.6) is 5.75 Å². The zero-order valence-corrected chi connectivity index (χ0v) is 15.8. The molecule has 0 saturated heterocycles. The van der Waals surface area contributed by atoms with Gasteiger partial charge in [-0.25, -0.2) is 0 Å². The highest BCUT2D eigenvalue weighted by Gasteiger charge is 2.55. The smallest absolute Gasteiger partial charge is 0.122 e. The molecule has 3 saturated carbocycles. The van der Waals surface area contributed by atoms with Gasteiger partial charge in [-0.3, -0.25) is 0 Å². The Balaban J connectivity index is 1.32. The zero-order valence-electron chi connectivity index (χ0n) is 15.8. The van der Waals surface area contributed by atoms with Gasteiger partial charge in [0.25, 0.3) is 0 Å². The normalized spacial score (nSPS) is 30.7. The molecule has 1 unspecified atom stereocenters. The summed E-state index contributed by atoms with van der Waals surface area (Å²) in [6, 6.07) is 9.01. The van der Waals surface area contributed by atoms with E-state index in [1.165, 1.54) is 18.4 Å². The van der Waals surface area contributed by atoms with Crippen LogP contribution in [0.1, 0.15) is 39.2 Å². The molecule has 3 aliphatic carbocycles. The van der Waals surface area contributed by atoms with Gasteiger partial charge in [0.15, 0.2) is 0 Å². The number of rotatable bonds is 8. The number of benzene rings is 1. The van der Waals surface area contributed by atoms with Gasteiger partial charge in [0.1, 0.15) is 5.75 Å². The average molecular weight is 331 g/mol. The van der Waals surface area contributed by atoms with Crippen LogP contribution in [-0.2, 0) is 6.42 Å². The van der Waals surface area contributed by atoms with E-state index < -0.39 is 0 Å². The number of hydrogen-bond acceptors (Lipinski definition) is 3. The fourth-order valence-electron chi connectivity index (χ4n) is 5.02. The van der Waals surface area contributed by atoms with Crippen LogP contribution in [0, 0.1) is 23.2 Å². The summed E-state index contributed by atoms with van der Waals surface area (Å²) in [5.74, 6) is 3.68. The maximum atomic E-state index is 5.41. The zero-order chi connectivity index (χ0) is 17.2. The lowest BCUT2D eigenvalue weighted by atomic mass is 9.45. The van der Waals surface area contributed by atoms with Crippen molar-refractivity contribution in [1.29, 1.82) is 0 Å². The molecule has 3 nitrogen and oxygen atoms in total. The van der Waals surface area contributed by atoms with Crippen molar-refractivity contribution in [2.24, 2.45) is 23.2 Å². The monoisotopic (exact) mass is 330 g/mol. The van der Waals surface area contributed by atoms with E-state index in [9.17, 15) is 0 Å². The predicted molar refractivity (Wildman–Crippen MR) is 101 cm³/mol. The molecule has 0 radical (unpaired) electrons. The maximum absolute atomic E-state index is 5.41. The van der Waals surface area contributed by atoms with Crippen LogP contribution in [0.4, 0.5) is 0 Å². The van der Waals surface area contributed by atoms with Gasteiger partial charge in [0.2, 0.25) is 0 Å². The highest BCUT2D eigenvalue weighted by Crippen LogP contribution is 2.61. The molecule has 0 aromatic heterocycles. The van der Waals surface area contributed by atoms with Crippen molar-refractivity contribution in [3.8, 4) is 5.75 Å². The number of hydrogen-bond donors (Lipinski definition) is 2. The molecule has 3 fully saturated rings. The highest BCUT2D eigenvalue weighted by molar-refractivity contribution is 5.33. The topological polar surface area (TPSA) is 33.3 Å². The fraction of sp³-hybridized carbons (Fsp3) is 0.714. The number of fused-ring (bicyclic) bond motifs is 2. The van der Waals surface area contributed by atoms with Gasteiger partial charge >= 0.3 is 0 Å². The van der Waals surface area contributed by atoms with Gasteiger partial charge in [-0.1, -0.05) is 39.0 Å². The Morgan fingerprint density at radius 3 is 2.62 bits per heavy atom. The van der Waals surface area contributed by atoms with Crippen molar-refractivity contribution < 1.29 is 4.74 Å². The molecule has 3 aliphatic rings. The first kappa shape index (κ1) is 17.8. The van der Waals surface area contributed by atoms with E-state index in [-0.39, 0.29) is 0 Å². The summed E-state index contributed by atoms with van der Waals surface area (Å²) in [6.07, 6.45) is 3.84. The first-order chi connectivity index (χ1) is 11.5. The molecular formula is C21H34N2O. The molecule has 1 aromatic carbocycles. The molecule has 3 heteroatoms. The predicted octanol–water partition coefficient (Wildman–Crippen LogP) is 3.49. The molecule has 0 amide bonds. The molecule has 134 valence electrons. The minimum atomic E-state index is 0.588. The van der Waals surface area contributed by atoms with Crippen molar-refractivity contribution in [2.75, 3.05) is 26.7 Å². The van der Waals surface area contributed by atoms with Crippen LogP contribution in [-0.4, -0.2) is 32.8 Å². The lowest BCUT2D eigenvalue weighted by Crippen LogP contribution is -2.60. The Kier molecular flexibility index (Phi) is 5.51. The van der Waals surface area contributed by atoms with Crippen LogP contribution < -0.4 is 15.4 Å². The third-order valence-corrected chi connectivity index (χ3v) is 6.83. The summed E-state index contributed by atoms with van der Waals surface area (Å²) < 4.78 is 5.41.